The summed E-state index contributed by atoms with van der Waals surface area (Å²) in [4.78, 5) is 6.97. The van der Waals surface area contributed by atoms with Crippen LogP contribution in [-0.2, 0) is 7.05 Å². The minimum atomic E-state index is 0.0234. The molecule has 2 aliphatic heterocycles. The second kappa shape index (κ2) is 6.15. The summed E-state index contributed by atoms with van der Waals surface area (Å²) in [6.07, 6.45) is 10.3. The molecule has 0 spiro atoms. The van der Waals surface area contributed by atoms with Crippen LogP contribution in [0.5, 0.6) is 0 Å². The lowest BCUT2D eigenvalue weighted by Crippen LogP contribution is -2.42. The van der Waals surface area contributed by atoms with E-state index in [0.717, 1.165) is 47.9 Å². The van der Waals surface area contributed by atoms with Crippen molar-refractivity contribution in [3.05, 3.63) is 41.4 Å². The first-order valence-electron chi connectivity index (χ1n) is 8.48. The van der Waals surface area contributed by atoms with Gasteiger partial charge in [-0.25, -0.2) is 4.99 Å². The van der Waals surface area contributed by atoms with Crippen LogP contribution in [-0.4, -0.2) is 30.4 Å². The second-order valence-corrected chi connectivity index (χ2v) is 6.56. The average molecular weight is 358 g/mol. The summed E-state index contributed by atoms with van der Waals surface area (Å²) in [5, 5.41) is 13.4. The predicted octanol–water partition coefficient (Wildman–Crippen LogP) is 3.49. The molecule has 7 nitrogen and oxygen atoms in total. The molecule has 2 aliphatic rings. The van der Waals surface area contributed by atoms with Crippen LogP contribution in [0.3, 0.4) is 0 Å². The number of aromatic nitrogens is 5. The van der Waals surface area contributed by atoms with Crippen molar-refractivity contribution in [2.24, 2.45) is 12.0 Å². The monoisotopic (exact) mass is 357 g/mol. The van der Waals surface area contributed by atoms with Gasteiger partial charge in [-0.1, -0.05) is 31.5 Å². The smallest absolute Gasteiger partial charge is 0.160 e. The van der Waals surface area contributed by atoms with Crippen molar-refractivity contribution in [3.8, 4) is 0 Å². The van der Waals surface area contributed by atoms with Crippen LogP contribution in [0.1, 0.15) is 45.0 Å². The van der Waals surface area contributed by atoms with Crippen LogP contribution < -0.4 is 4.90 Å². The summed E-state index contributed by atoms with van der Waals surface area (Å²) in [5.41, 5.74) is 3.07. The van der Waals surface area contributed by atoms with Gasteiger partial charge in [0, 0.05) is 13.2 Å². The third kappa shape index (κ3) is 2.50. The lowest BCUT2D eigenvalue weighted by Gasteiger charge is -2.37. The van der Waals surface area contributed by atoms with Crippen molar-refractivity contribution < 1.29 is 0 Å². The molecule has 2 aromatic rings. The van der Waals surface area contributed by atoms with Crippen molar-refractivity contribution in [1.29, 1.82) is 0 Å². The van der Waals surface area contributed by atoms with Gasteiger partial charge in [-0.05, 0) is 24.8 Å². The highest BCUT2D eigenvalue weighted by Crippen LogP contribution is 2.39. The highest BCUT2D eigenvalue weighted by Gasteiger charge is 2.37. The SMILES string of the molecule is CCC1=C(Cl)N=C2C(=CC1)n1cnnc1C(CC)N2c1cnn(C)c1. The number of rotatable bonds is 3. The molecule has 25 heavy (non-hydrogen) atoms. The largest absolute Gasteiger partial charge is 0.311 e. The molecule has 0 fully saturated rings. The Morgan fingerprint density at radius 3 is 2.84 bits per heavy atom. The number of hydrogen-bond acceptors (Lipinski definition) is 5. The standard InChI is InChI=1S/C17H20ClN7/c1-4-11-6-7-14-16(21-15(11)18)25(12-8-20-23(3)9-12)13(5-2)17-22-19-10-24(14)17/h7-10,13H,4-6H2,1-3H3. The molecule has 1 atom stereocenters. The summed E-state index contributed by atoms with van der Waals surface area (Å²) in [6.45, 7) is 4.23. The highest BCUT2D eigenvalue weighted by molar-refractivity contribution is 6.34. The molecular weight excluding hydrogens is 338 g/mol. The molecule has 0 N–H and O–H groups in total. The first kappa shape index (κ1) is 16.1. The molecule has 0 amide bonds. The maximum Gasteiger partial charge on any atom is 0.160 e. The van der Waals surface area contributed by atoms with Crippen LogP contribution in [0.2, 0.25) is 0 Å². The minimum absolute atomic E-state index is 0.0234. The number of fused-ring (bicyclic) bond motifs is 3. The van der Waals surface area contributed by atoms with Crippen molar-refractivity contribution in [1.82, 2.24) is 24.5 Å². The van der Waals surface area contributed by atoms with Gasteiger partial charge >= 0.3 is 0 Å². The van der Waals surface area contributed by atoms with E-state index < -0.39 is 0 Å². The van der Waals surface area contributed by atoms with Crippen LogP contribution in [0.25, 0.3) is 5.70 Å². The van der Waals surface area contributed by atoms with Crippen LogP contribution >= 0.6 is 11.6 Å². The fourth-order valence-electron chi connectivity index (χ4n) is 3.42. The van der Waals surface area contributed by atoms with Gasteiger partial charge in [-0.2, -0.15) is 5.10 Å². The number of hydrogen-bond donors (Lipinski definition) is 0. The van der Waals surface area contributed by atoms with E-state index in [1.165, 1.54) is 0 Å². The van der Waals surface area contributed by atoms with E-state index in [4.69, 9.17) is 16.6 Å². The average Bonchev–Trinajstić information content (AvgIpc) is 3.21. The lowest BCUT2D eigenvalue weighted by atomic mass is 10.1. The van der Waals surface area contributed by atoms with Crippen molar-refractivity contribution >= 4 is 28.8 Å². The van der Waals surface area contributed by atoms with Gasteiger partial charge in [-0.3, -0.25) is 9.25 Å². The fraction of sp³-hybridized carbons (Fsp3) is 0.412. The molecule has 130 valence electrons. The van der Waals surface area contributed by atoms with Crippen LogP contribution in [0.4, 0.5) is 5.69 Å². The molecule has 0 saturated heterocycles. The number of anilines is 1. The van der Waals surface area contributed by atoms with Crippen LogP contribution in [0.15, 0.2) is 40.5 Å². The zero-order valence-electron chi connectivity index (χ0n) is 14.5. The van der Waals surface area contributed by atoms with Crippen molar-refractivity contribution in [3.63, 3.8) is 0 Å². The topological polar surface area (TPSA) is 64.1 Å². The highest BCUT2D eigenvalue weighted by atomic mass is 35.5. The third-order valence-corrected chi connectivity index (χ3v) is 5.07. The van der Waals surface area contributed by atoms with E-state index in [1.54, 1.807) is 11.0 Å². The molecule has 0 bridgehead atoms. The first-order valence-corrected chi connectivity index (χ1v) is 8.86. The number of allylic oxidation sites excluding steroid dienone is 2. The van der Waals surface area contributed by atoms with Gasteiger partial charge in [-0.15, -0.1) is 10.2 Å². The third-order valence-electron chi connectivity index (χ3n) is 4.72. The molecule has 1 unspecified atom stereocenters. The molecule has 4 rings (SSSR count). The molecule has 0 saturated carbocycles. The Morgan fingerprint density at radius 2 is 2.16 bits per heavy atom. The van der Waals surface area contributed by atoms with Crippen molar-refractivity contribution in [2.45, 2.75) is 39.2 Å². The quantitative estimate of drug-likeness (QED) is 0.789. The number of aryl methyl sites for hydroxylation is 1. The maximum atomic E-state index is 6.53. The summed E-state index contributed by atoms with van der Waals surface area (Å²) in [5.74, 6) is 1.73. The van der Waals surface area contributed by atoms with E-state index in [9.17, 15) is 0 Å². The number of aliphatic imine (C=N–C) groups is 1. The summed E-state index contributed by atoms with van der Waals surface area (Å²) in [7, 11) is 1.91. The Hall–Kier alpha value is -2.41. The Bertz CT molecular complexity index is 902. The van der Waals surface area contributed by atoms with E-state index in [2.05, 4.69) is 40.1 Å². The Labute approximate surface area is 151 Å². The zero-order chi connectivity index (χ0) is 17.6. The molecule has 4 heterocycles. The van der Waals surface area contributed by atoms with E-state index in [0.29, 0.717) is 5.16 Å². The normalized spacial score (nSPS) is 20.0. The molecule has 2 aromatic heterocycles. The van der Waals surface area contributed by atoms with Crippen LogP contribution in [0, 0.1) is 0 Å². The Morgan fingerprint density at radius 1 is 1.32 bits per heavy atom. The van der Waals surface area contributed by atoms with Gasteiger partial charge in [0.1, 0.15) is 11.5 Å². The first-order chi connectivity index (χ1) is 12.1. The summed E-state index contributed by atoms with van der Waals surface area (Å²) >= 11 is 6.53. The number of nitrogens with zero attached hydrogens (tertiary/aromatic N) is 7. The van der Waals surface area contributed by atoms with Crippen molar-refractivity contribution in [2.75, 3.05) is 4.90 Å². The van der Waals surface area contributed by atoms with Gasteiger partial charge in [0.15, 0.2) is 11.7 Å². The number of amidine groups is 1. The minimum Gasteiger partial charge on any atom is -0.311 e. The Balaban J connectivity index is 1.96. The Kier molecular flexibility index (Phi) is 3.95. The molecule has 0 aliphatic carbocycles. The second-order valence-electron chi connectivity index (χ2n) is 6.20. The molecule has 8 heteroatoms. The van der Waals surface area contributed by atoms with Gasteiger partial charge in [0.05, 0.1) is 23.6 Å². The predicted molar refractivity (Wildman–Crippen MR) is 98.2 cm³/mol. The number of halogens is 1. The summed E-state index contributed by atoms with van der Waals surface area (Å²) < 4.78 is 3.82. The van der Waals surface area contributed by atoms with E-state index in [-0.39, 0.29) is 6.04 Å². The molecule has 0 radical (unpaired) electrons. The van der Waals surface area contributed by atoms with Gasteiger partial charge in [0.25, 0.3) is 0 Å². The molecular formula is C17H20ClN7. The summed E-state index contributed by atoms with van der Waals surface area (Å²) in [6, 6.07) is 0.0234. The van der Waals surface area contributed by atoms with Gasteiger partial charge < -0.3 is 4.90 Å². The van der Waals surface area contributed by atoms with Gasteiger partial charge in [0.2, 0.25) is 0 Å². The van der Waals surface area contributed by atoms with E-state index in [1.807, 2.05) is 24.0 Å². The maximum absolute atomic E-state index is 6.53. The fourth-order valence-corrected chi connectivity index (χ4v) is 3.71. The lowest BCUT2D eigenvalue weighted by molar-refractivity contribution is 0.614. The van der Waals surface area contributed by atoms with E-state index >= 15 is 0 Å². The zero-order valence-corrected chi connectivity index (χ0v) is 15.3. The molecule has 0 aromatic carbocycles.